The summed E-state index contributed by atoms with van der Waals surface area (Å²) in [6.45, 7) is 1.93. The number of aryl methyl sites for hydroxylation is 1. The van der Waals surface area contributed by atoms with Crippen LogP contribution in [-0.2, 0) is 10.0 Å². The Hall–Kier alpha value is -3.90. The quantitative estimate of drug-likeness (QED) is 0.328. The molecule has 0 saturated carbocycles. The van der Waals surface area contributed by atoms with Gasteiger partial charge in [0.2, 0.25) is 15.9 Å². The second-order valence-corrected chi connectivity index (χ2v) is 9.17. The Morgan fingerprint density at radius 3 is 2.46 bits per heavy atom. The molecule has 4 aromatic rings. The van der Waals surface area contributed by atoms with Crippen molar-refractivity contribution in [1.29, 1.82) is 0 Å². The summed E-state index contributed by atoms with van der Waals surface area (Å²) in [6.07, 6.45) is 0. The molecule has 0 fully saturated rings. The van der Waals surface area contributed by atoms with Crippen molar-refractivity contribution in [3.8, 4) is 34.5 Å². The van der Waals surface area contributed by atoms with Crippen LogP contribution in [0.4, 0.5) is 0 Å². The van der Waals surface area contributed by atoms with Crippen LogP contribution in [-0.4, -0.2) is 62.7 Å². The topological polar surface area (TPSA) is 126 Å². The zero-order chi connectivity index (χ0) is 25.0. The number of ether oxygens (including phenoxy) is 4. The SMILES string of the molecule is COc1ccc(OC)c(-c2nnc3ccc(OCCNS(=O)(=O)c4ccc(C)cc4OC)nn23)c1. The fraction of sp³-hybridized carbons (Fsp3) is 0.261. The van der Waals surface area contributed by atoms with Crippen LogP contribution in [0.3, 0.4) is 0 Å². The molecule has 0 radical (unpaired) electrons. The van der Waals surface area contributed by atoms with Crippen molar-refractivity contribution in [1.82, 2.24) is 24.5 Å². The number of rotatable bonds is 10. The summed E-state index contributed by atoms with van der Waals surface area (Å²) in [6, 6.07) is 13.5. The van der Waals surface area contributed by atoms with Gasteiger partial charge in [-0.15, -0.1) is 15.3 Å². The van der Waals surface area contributed by atoms with E-state index >= 15 is 0 Å². The Kier molecular flexibility index (Phi) is 7.03. The summed E-state index contributed by atoms with van der Waals surface area (Å²) < 4.78 is 51.1. The molecule has 0 aliphatic carbocycles. The smallest absolute Gasteiger partial charge is 0.244 e. The van der Waals surface area contributed by atoms with Crippen molar-refractivity contribution in [2.24, 2.45) is 0 Å². The second kappa shape index (κ2) is 10.2. The zero-order valence-electron chi connectivity index (χ0n) is 19.7. The van der Waals surface area contributed by atoms with E-state index in [1.54, 1.807) is 56.7 Å². The van der Waals surface area contributed by atoms with Crippen molar-refractivity contribution < 1.29 is 27.4 Å². The summed E-state index contributed by atoms with van der Waals surface area (Å²) in [4.78, 5) is 0.0616. The van der Waals surface area contributed by atoms with E-state index in [1.165, 1.54) is 17.7 Å². The molecule has 184 valence electrons. The monoisotopic (exact) mass is 499 g/mol. The van der Waals surface area contributed by atoms with Crippen molar-refractivity contribution in [2.45, 2.75) is 11.8 Å². The van der Waals surface area contributed by atoms with E-state index in [0.29, 0.717) is 28.5 Å². The van der Waals surface area contributed by atoms with Crippen molar-refractivity contribution in [3.05, 3.63) is 54.1 Å². The molecule has 1 N–H and O–H groups in total. The maximum absolute atomic E-state index is 12.7. The summed E-state index contributed by atoms with van der Waals surface area (Å²) in [7, 11) is 0.776. The van der Waals surface area contributed by atoms with Gasteiger partial charge in [0.1, 0.15) is 28.8 Å². The number of hydrogen-bond acceptors (Lipinski definition) is 9. The van der Waals surface area contributed by atoms with E-state index in [1.807, 2.05) is 6.92 Å². The Morgan fingerprint density at radius 1 is 0.914 bits per heavy atom. The van der Waals surface area contributed by atoms with Crippen LogP contribution in [0.1, 0.15) is 5.56 Å². The van der Waals surface area contributed by atoms with Gasteiger partial charge in [0, 0.05) is 12.6 Å². The molecule has 35 heavy (non-hydrogen) atoms. The number of benzene rings is 2. The number of fused-ring (bicyclic) bond motifs is 1. The number of nitrogens with zero attached hydrogens (tertiary/aromatic N) is 4. The van der Waals surface area contributed by atoms with Crippen LogP contribution >= 0.6 is 0 Å². The first-order chi connectivity index (χ1) is 16.9. The fourth-order valence-corrected chi connectivity index (χ4v) is 4.57. The maximum atomic E-state index is 12.7. The van der Waals surface area contributed by atoms with Crippen molar-refractivity contribution in [2.75, 3.05) is 34.5 Å². The normalized spacial score (nSPS) is 11.4. The third-order valence-electron chi connectivity index (χ3n) is 5.14. The van der Waals surface area contributed by atoms with Gasteiger partial charge in [-0.3, -0.25) is 0 Å². The Morgan fingerprint density at radius 2 is 1.71 bits per heavy atom. The number of sulfonamides is 1. The van der Waals surface area contributed by atoms with E-state index in [2.05, 4.69) is 20.0 Å². The molecule has 0 atom stereocenters. The Bertz CT molecular complexity index is 1450. The molecule has 0 aliphatic heterocycles. The fourth-order valence-electron chi connectivity index (χ4n) is 3.41. The van der Waals surface area contributed by atoms with Gasteiger partial charge in [0.05, 0.1) is 26.9 Å². The van der Waals surface area contributed by atoms with Gasteiger partial charge in [0.25, 0.3) is 0 Å². The van der Waals surface area contributed by atoms with Crippen LogP contribution in [0.15, 0.2) is 53.4 Å². The first-order valence-electron chi connectivity index (χ1n) is 10.6. The number of hydrogen-bond donors (Lipinski definition) is 1. The van der Waals surface area contributed by atoms with E-state index in [9.17, 15) is 8.42 Å². The highest BCUT2D eigenvalue weighted by Crippen LogP contribution is 2.32. The molecule has 0 amide bonds. The van der Waals surface area contributed by atoms with Gasteiger partial charge in [0.15, 0.2) is 11.5 Å². The minimum Gasteiger partial charge on any atom is -0.497 e. The summed E-state index contributed by atoms with van der Waals surface area (Å²) in [5.74, 6) is 2.19. The molecular formula is C23H25N5O6S. The lowest BCUT2D eigenvalue weighted by molar-refractivity contribution is 0.305. The molecule has 2 aromatic carbocycles. The number of nitrogens with one attached hydrogen (secondary N) is 1. The van der Waals surface area contributed by atoms with E-state index in [0.717, 1.165) is 5.56 Å². The summed E-state index contributed by atoms with van der Waals surface area (Å²) >= 11 is 0. The largest absolute Gasteiger partial charge is 0.497 e. The highest BCUT2D eigenvalue weighted by molar-refractivity contribution is 7.89. The molecule has 2 heterocycles. The first-order valence-corrected chi connectivity index (χ1v) is 12.1. The lowest BCUT2D eigenvalue weighted by Crippen LogP contribution is -2.28. The van der Waals surface area contributed by atoms with E-state index < -0.39 is 10.0 Å². The molecule has 0 unspecified atom stereocenters. The highest BCUT2D eigenvalue weighted by atomic mass is 32.2. The molecular weight excluding hydrogens is 474 g/mol. The third kappa shape index (κ3) is 5.12. The van der Waals surface area contributed by atoms with Crippen molar-refractivity contribution in [3.63, 3.8) is 0 Å². The lowest BCUT2D eigenvalue weighted by Gasteiger charge is -2.12. The van der Waals surface area contributed by atoms with Crippen molar-refractivity contribution >= 4 is 15.7 Å². The first kappa shape index (κ1) is 24.2. The summed E-state index contributed by atoms with van der Waals surface area (Å²) in [5, 5.41) is 12.8. The van der Waals surface area contributed by atoms with Crippen LogP contribution in [0.2, 0.25) is 0 Å². The minimum atomic E-state index is -3.78. The third-order valence-corrected chi connectivity index (χ3v) is 6.64. The number of aromatic nitrogens is 4. The van der Waals surface area contributed by atoms with Gasteiger partial charge in [-0.1, -0.05) is 6.07 Å². The molecule has 2 aromatic heterocycles. The lowest BCUT2D eigenvalue weighted by atomic mass is 10.2. The van der Waals surface area contributed by atoms with Crippen LogP contribution in [0, 0.1) is 6.92 Å². The summed E-state index contributed by atoms with van der Waals surface area (Å²) in [5.41, 5.74) is 2.04. The van der Waals surface area contributed by atoms with Crippen LogP contribution in [0.5, 0.6) is 23.1 Å². The van der Waals surface area contributed by atoms with Gasteiger partial charge in [-0.05, 0) is 48.9 Å². The molecule has 0 aliphatic rings. The molecule has 0 spiro atoms. The van der Waals surface area contributed by atoms with Gasteiger partial charge in [-0.2, -0.15) is 4.52 Å². The maximum Gasteiger partial charge on any atom is 0.244 e. The van der Waals surface area contributed by atoms with Gasteiger partial charge >= 0.3 is 0 Å². The zero-order valence-corrected chi connectivity index (χ0v) is 20.5. The molecule has 0 bridgehead atoms. The number of methoxy groups -OCH3 is 3. The van der Waals surface area contributed by atoms with Crippen LogP contribution in [0.25, 0.3) is 17.0 Å². The Balaban J connectivity index is 1.49. The standard InChI is InChI=1S/C23H25N5O6S/c1-15-5-8-20(19(13-15)33-4)35(29,30)24-11-12-34-22-10-9-21-25-26-23(28(21)27-22)17-14-16(31-2)6-7-18(17)32-3/h5-10,13-14,24H,11-12H2,1-4H3. The average molecular weight is 500 g/mol. The van der Waals surface area contributed by atoms with Crippen LogP contribution < -0.4 is 23.7 Å². The van der Waals surface area contributed by atoms with Gasteiger partial charge < -0.3 is 18.9 Å². The van der Waals surface area contributed by atoms with E-state index in [4.69, 9.17) is 18.9 Å². The average Bonchev–Trinajstić information content (AvgIpc) is 3.29. The molecule has 12 heteroatoms. The highest BCUT2D eigenvalue weighted by Gasteiger charge is 2.19. The molecule has 0 saturated heterocycles. The van der Waals surface area contributed by atoms with E-state index in [-0.39, 0.29) is 29.7 Å². The molecule has 11 nitrogen and oxygen atoms in total. The van der Waals surface area contributed by atoms with Gasteiger partial charge in [-0.25, -0.2) is 13.1 Å². The molecule has 4 rings (SSSR count). The predicted octanol–water partition coefficient (Wildman–Crippen LogP) is 2.48. The predicted molar refractivity (Wildman–Crippen MR) is 128 cm³/mol. The minimum absolute atomic E-state index is 0.0256. The Labute approximate surface area is 202 Å². The second-order valence-electron chi connectivity index (χ2n) is 7.43.